The first-order valence-electron chi connectivity index (χ1n) is 7.41. The van der Waals surface area contributed by atoms with Crippen molar-refractivity contribution < 1.29 is 14.6 Å². The molecule has 1 aromatic heterocycles. The summed E-state index contributed by atoms with van der Waals surface area (Å²) in [5.74, 6) is 0. The van der Waals surface area contributed by atoms with Crippen molar-refractivity contribution in [2.75, 3.05) is 32.9 Å². The first-order chi connectivity index (χ1) is 9.81. The molecular weight excluding hydrogens is 258 g/mol. The van der Waals surface area contributed by atoms with Crippen LogP contribution in [0.1, 0.15) is 23.9 Å². The maximum Gasteiger partial charge on any atom is 0.0936 e. The number of aromatic nitrogens is 2. The topological polar surface area (TPSA) is 59.8 Å². The second-order valence-electron chi connectivity index (χ2n) is 5.40. The molecule has 0 unspecified atom stereocenters. The zero-order valence-corrected chi connectivity index (χ0v) is 12.0. The number of rotatable bonds is 4. The van der Waals surface area contributed by atoms with Gasteiger partial charge in [0.05, 0.1) is 38.2 Å². The molecule has 0 bridgehead atoms. The van der Waals surface area contributed by atoms with Gasteiger partial charge in [0.15, 0.2) is 0 Å². The van der Waals surface area contributed by atoms with Gasteiger partial charge < -0.3 is 14.6 Å². The highest BCUT2D eigenvalue weighted by atomic mass is 16.6. The molecule has 3 rings (SSSR count). The summed E-state index contributed by atoms with van der Waals surface area (Å²) in [6.45, 7) is 7.82. The van der Waals surface area contributed by atoms with E-state index in [9.17, 15) is 5.11 Å². The molecule has 20 heavy (non-hydrogen) atoms. The maximum atomic E-state index is 9.47. The Morgan fingerprint density at radius 1 is 1.40 bits per heavy atom. The first-order valence-corrected chi connectivity index (χ1v) is 7.41. The lowest BCUT2D eigenvalue weighted by Gasteiger charge is -2.32. The second kappa shape index (κ2) is 6.22. The largest absolute Gasteiger partial charge is 0.390 e. The fourth-order valence-electron chi connectivity index (χ4n) is 3.09. The minimum atomic E-state index is 0.0201. The van der Waals surface area contributed by atoms with Crippen molar-refractivity contribution in [3.05, 3.63) is 17.0 Å². The van der Waals surface area contributed by atoms with Gasteiger partial charge >= 0.3 is 0 Å². The Hall–Kier alpha value is -0.950. The molecule has 6 heteroatoms. The summed E-state index contributed by atoms with van der Waals surface area (Å²) in [4.78, 5) is 2.38. The number of hydrogen-bond donors (Lipinski definition) is 1. The van der Waals surface area contributed by atoms with Gasteiger partial charge in [0.1, 0.15) is 0 Å². The third kappa shape index (κ3) is 2.74. The number of hydrogen-bond acceptors (Lipinski definition) is 5. The summed E-state index contributed by atoms with van der Waals surface area (Å²) in [6, 6.07) is 0. The summed E-state index contributed by atoms with van der Waals surface area (Å²) in [5, 5.41) is 14.0. The molecule has 2 aliphatic heterocycles. The van der Waals surface area contributed by atoms with Crippen molar-refractivity contribution in [1.29, 1.82) is 0 Å². The van der Waals surface area contributed by atoms with Crippen molar-refractivity contribution in [2.45, 2.75) is 39.1 Å². The highest BCUT2D eigenvalue weighted by Crippen LogP contribution is 2.23. The van der Waals surface area contributed by atoms with E-state index in [1.54, 1.807) is 0 Å². The highest BCUT2D eigenvalue weighted by Gasteiger charge is 2.26. The predicted molar refractivity (Wildman–Crippen MR) is 73.4 cm³/mol. The van der Waals surface area contributed by atoms with Gasteiger partial charge in [-0.3, -0.25) is 9.58 Å². The molecule has 6 nitrogen and oxygen atoms in total. The van der Waals surface area contributed by atoms with Gasteiger partial charge in [0, 0.05) is 43.9 Å². The van der Waals surface area contributed by atoms with E-state index >= 15 is 0 Å². The van der Waals surface area contributed by atoms with Crippen LogP contribution in [0, 0.1) is 0 Å². The van der Waals surface area contributed by atoms with Gasteiger partial charge in [0.25, 0.3) is 0 Å². The van der Waals surface area contributed by atoms with Crippen molar-refractivity contribution in [1.82, 2.24) is 14.7 Å². The van der Waals surface area contributed by atoms with Gasteiger partial charge in [-0.25, -0.2) is 0 Å². The monoisotopic (exact) mass is 281 g/mol. The number of fused-ring (bicyclic) bond motifs is 1. The van der Waals surface area contributed by atoms with E-state index in [2.05, 4.69) is 16.9 Å². The molecule has 1 fully saturated rings. The molecular formula is C14H23N3O3. The SMILES string of the molecule is CCn1nc(CO)c2c1CCN(C[C@@H]1COCCO1)C2. The van der Waals surface area contributed by atoms with Crippen LogP contribution in [0.3, 0.4) is 0 Å². The summed E-state index contributed by atoms with van der Waals surface area (Å²) < 4.78 is 13.2. The van der Waals surface area contributed by atoms with Gasteiger partial charge in [0.2, 0.25) is 0 Å². The highest BCUT2D eigenvalue weighted by molar-refractivity contribution is 5.28. The van der Waals surface area contributed by atoms with E-state index in [1.165, 1.54) is 11.3 Å². The van der Waals surface area contributed by atoms with E-state index in [0.717, 1.165) is 38.3 Å². The third-order valence-electron chi connectivity index (χ3n) is 4.09. The molecule has 0 aliphatic carbocycles. The van der Waals surface area contributed by atoms with Crippen LogP contribution in [0.4, 0.5) is 0 Å². The second-order valence-corrected chi connectivity index (χ2v) is 5.40. The predicted octanol–water partition coefficient (Wildman–Crippen LogP) is 0.169. The number of ether oxygens (including phenoxy) is 2. The Morgan fingerprint density at radius 2 is 2.30 bits per heavy atom. The summed E-state index contributed by atoms with van der Waals surface area (Å²) in [6.07, 6.45) is 1.16. The standard InChI is InChI=1S/C14H23N3O3/c1-2-17-14-3-4-16(7-11-10-19-5-6-20-11)8-12(14)13(9-18)15-17/h11,18H,2-10H2,1H3/t11-/m1/s1. The Kier molecular flexibility index (Phi) is 4.35. The van der Waals surface area contributed by atoms with Crippen molar-refractivity contribution in [3.63, 3.8) is 0 Å². The average molecular weight is 281 g/mol. The molecule has 1 saturated heterocycles. The fraction of sp³-hybridized carbons (Fsp3) is 0.786. The zero-order chi connectivity index (χ0) is 13.9. The molecule has 0 aromatic carbocycles. The first kappa shape index (κ1) is 14.0. The molecule has 1 N–H and O–H groups in total. The number of aliphatic hydroxyl groups excluding tert-OH is 1. The lowest BCUT2D eigenvalue weighted by atomic mass is 10.0. The molecule has 2 aliphatic rings. The molecule has 0 radical (unpaired) electrons. The molecule has 0 spiro atoms. The van der Waals surface area contributed by atoms with E-state index in [-0.39, 0.29) is 12.7 Å². The molecule has 0 amide bonds. The number of nitrogens with zero attached hydrogens (tertiary/aromatic N) is 3. The van der Waals surface area contributed by atoms with Crippen molar-refractivity contribution >= 4 is 0 Å². The van der Waals surface area contributed by atoms with Crippen LogP contribution in [0.2, 0.25) is 0 Å². The van der Waals surface area contributed by atoms with Crippen LogP contribution in [-0.2, 0) is 35.6 Å². The molecule has 3 heterocycles. The quantitative estimate of drug-likeness (QED) is 0.852. The molecule has 112 valence electrons. The smallest absolute Gasteiger partial charge is 0.0936 e. The summed E-state index contributed by atoms with van der Waals surface area (Å²) >= 11 is 0. The van der Waals surface area contributed by atoms with Crippen LogP contribution < -0.4 is 0 Å². The number of aryl methyl sites for hydroxylation is 1. The molecule has 1 atom stereocenters. The lowest BCUT2D eigenvalue weighted by Crippen LogP contribution is -2.42. The fourth-order valence-corrected chi connectivity index (χ4v) is 3.09. The van der Waals surface area contributed by atoms with Crippen molar-refractivity contribution in [3.8, 4) is 0 Å². The van der Waals surface area contributed by atoms with E-state index < -0.39 is 0 Å². The lowest BCUT2D eigenvalue weighted by molar-refractivity contribution is -0.0985. The van der Waals surface area contributed by atoms with Crippen LogP contribution in [0.15, 0.2) is 0 Å². The van der Waals surface area contributed by atoms with Gasteiger partial charge in [-0.2, -0.15) is 5.10 Å². The van der Waals surface area contributed by atoms with Crippen LogP contribution >= 0.6 is 0 Å². The van der Waals surface area contributed by atoms with Gasteiger partial charge in [-0.1, -0.05) is 0 Å². The van der Waals surface area contributed by atoms with Crippen molar-refractivity contribution in [2.24, 2.45) is 0 Å². The summed E-state index contributed by atoms with van der Waals surface area (Å²) in [5.41, 5.74) is 3.32. The van der Waals surface area contributed by atoms with Crippen LogP contribution in [0.5, 0.6) is 0 Å². The minimum absolute atomic E-state index is 0.0201. The molecule has 1 aromatic rings. The Labute approximate surface area is 119 Å². The Balaban J connectivity index is 1.69. The van der Waals surface area contributed by atoms with Crippen LogP contribution in [0.25, 0.3) is 0 Å². The minimum Gasteiger partial charge on any atom is -0.390 e. The number of aliphatic hydroxyl groups is 1. The van der Waals surface area contributed by atoms with Gasteiger partial charge in [-0.05, 0) is 6.92 Å². The average Bonchev–Trinajstić information content (AvgIpc) is 2.85. The Bertz CT molecular complexity index is 455. The zero-order valence-electron chi connectivity index (χ0n) is 12.0. The van der Waals surface area contributed by atoms with Crippen LogP contribution in [-0.4, -0.2) is 58.8 Å². The normalized spacial score (nSPS) is 23.8. The third-order valence-corrected chi connectivity index (χ3v) is 4.09. The maximum absolute atomic E-state index is 9.47. The molecule has 0 saturated carbocycles. The summed E-state index contributed by atoms with van der Waals surface area (Å²) in [7, 11) is 0. The van der Waals surface area contributed by atoms with E-state index in [0.29, 0.717) is 19.8 Å². The van der Waals surface area contributed by atoms with E-state index in [1.807, 2.05) is 4.68 Å². The van der Waals surface area contributed by atoms with Gasteiger partial charge in [-0.15, -0.1) is 0 Å². The Morgan fingerprint density at radius 3 is 3.00 bits per heavy atom. The van der Waals surface area contributed by atoms with E-state index in [4.69, 9.17) is 9.47 Å².